The van der Waals surface area contributed by atoms with Crippen LogP contribution in [0.2, 0.25) is 5.02 Å². The highest BCUT2D eigenvalue weighted by Gasteiger charge is 2.31. The molecule has 3 heterocycles. The summed E-state index contributed by atoms with van der Waals surface area (Å²) < 4.78 is 8.93. The maximum absolute atomic E-state index is 9.54. The van der Waals surface area contributed by atoms with Crippen LogP contribution in [-0.2, 0) is 26.0 Å². The number of ether oxygens (including phenoxy) is 1. The second-order valence-corrected chi connectivity index (χ2v) is 13.8. The third-order valence-electron chi connectivity index (χ3n) is 7.91. The first-order valence-electron chi connectivity index (χ1n) is 14.4. The van der Waals surface area contributed by atoms with Crippen molar-refractivity contribution in [2.75, 3.05) is 0 Å². The molecular formula is C36H34ClN3OS. The molecule has 1 aliphatic heterocycles. The molecule has 3 aromatic carbocycles. The van der Waals surface area contributed by atoms with Gasteiger partial charge in [0, 0.05) is 56.5 Å². The largest absolute Gasteiger partial charge is 0.487 e. The van der Waals surface area contributed by atoms with E-state index in [1.807, 2.05) is 60.4 Å². The second-order valence-electron chi connectivity index (χ2n) is 11.9. The Balaban J connectivity index is 1.37. The molecule has 0 bridgehead atoms. The maximum atomic E-state index is 9.54. The van der Waals surface area contributed by atoms with Crippen molar-refractivity contribution in [1.29, 1.82) is 5.26 Å². The summed E-state index contributed by atoms with van der Waals surface area (Å²) in [4.78, 5) is 6.02. The molecule has 4 nitrogen and oxygen atoms in total. The minimum atomic E-state index is -0.149. The van der Waals surface area contributed by atoms with E-state index < -0.39 is 0 Å². The summed E-state index contributed by atoms with van der Waals surface area (Å²) in [7, 11) is 0. The predicted molar refractivity (Wildman–Crippen MR) is 173 cm³/mol. The number of thioether (sulfide) groups is 1. The van der Waals surface area contributed by atoms with E-state index in [9.17, 15) is 5.26 Å². The summed E-state index contributed by atoms with van der Waals surface area (Å²) in [5.74, 6) is 0.924. The zero-order chi connectivity index (χ0) is 29.3. The Morgan fingerprint density at radius 2 is 1.88 bits per heavy atom. The SMILES string of the molecule is CC1Cc2c(OCc3ccc(-c4ccccc4)cn3)ccc3c2c(c(CC(C)(C)CC#N)n3Cc2cccc(Cl)c2)S1. The minimum Gasteiger partial charge on any atom is -0.487 e. The van der Waals surface area contributed by atoms with Gasteiger partial charge in [-0.1, -0.05) is 80.9 Å². The summed E-state index contributed by atoms with van der Waals surface area (Å²) in [5, 5.41) is 12.0. The third-order valence-corrected chi connectivity index (χ3v) is 9.38. The molecule has 6 heteroatoms. The first kappa shape index (κ1) is 28.4. The van der Waals surface area contributed by atoms with Crippen molar-refractivity contribution in [1.82, 2.24) is 9.55 Å². The Morgan fingerprint density at radius 3 is 2.62 bits per heavy atom. The molecule has 1 aliphatic rings. The molecule has 212 valence electrons. The number of pyridine rings is 1. The van der Waals surface area contributed by atoms with Gasteiger partial charge in [0.2, 0.25) is 0 Å². The Hall–Kier alpha value is -3.72. The van der Waals surface area contributed by atoms with Gasteiger partial charge in [-0.15, -0.1) is 11.8 Å². The molecule has 0 spiro atoms. The van der Waals surface area contributed by atoms with E-state index in [-0.39, 0.29) is 5.41 Å². The van der Waals surface area contributed by atoms with Crippen LogP contribution in [0.4, 0.5) is 0 Å². The second kappa shape index (κ2) is 11.9. The van der Waals surface area contributed by atoms with Crippen LogP contribution < -0.4 is 4.74 Å². The molecule has 2 aromatic heterocycles. The molecule has 1 atom stereocenters. The van der Waals surface area contributed by atoms with Crippen LogP contribution in [0.1, 0.15) is 49.7 Å². The lowest BCUT2D eigenvalue weighted by Gasteiger charge is -2.25. The van der Waals surface area contributed by atoms with Crippen LogP contribution in [-0.4, -0.2) is 14.8 Å². The first-order valence-corrected chi connectivity index (χ1v) is 15.7. The summed E-state index contributed by atoms with van der Waals surface area (Å²) in [5.41, 5.74) is 7.93. The highest BCUT2D eigenvalue weighted by Crippen LogP contribution is 2.48. The quantitative estimate of drug-likeness (QED) is 0.171. The van der Waals surface area contributed by atoms with Crippen molar-refractivity contribution in [3.63, 3.8) is 0 Å². The fourth-order valence-corrected chi connectivity index (χ4v) is 7.40. The van der Waals surface area contributed by atoms with E-state index in [1.165, 1.54) is 27.1 Å². The Kier molecular flexibility index (Phi) is 8.03. The molecule has 1 unspecified atom stereocenters. The highest BCUT2D eigenvalue weighted by molar-refractivity contribution is 8.00. The van der Waals surface area contributed by atoms with Crippen molar-refractivity contribution in [3.05, 3.63) is 113 Å². The van der Waals surface area contributed by atoms with Gasteiger partial charge in [-0.3, -0.25) is 4.98 Å². The lowest BCUT2D eigenvalue weighted by molar-refractivity contribution is 0.298. The van der Waals surface area contributed by atoms with Crippen LogP contribution in [0.3, 0.4) is 0 Å². The van der Waals surface area contributed by atoms with Crippen LogP contribution in [0.5, 0.6) is 5.75 Å². The monoisotopic (exact) mass is 591 g/mol. The minimum absolute atomic E-state index is 0.149. The summed E-state index contributed by atoms with van der Waals surface area (Å²) in [6.07, 6.45) is 4.18. The predicted octanol–water partition coefficient (Wildman–Crippen LogP) is 9.50. The fourth-order valence-electron chi connectivity index (χ4n) is 5.87. The molecule has 0 aliphatic carbocycles. The lowest BCUT2D eigenvalue weighted by atomic mass is 9.85. The van der Waals surface area contributed by atoms with E-state index in [4.69, 9.17) is 21.3 Å². The molecule has 0 saturated heterocycles. The normalized spacial score (nSPS) is 14.6. The van der Waals surface area contributed by atoms with Gasteiger partial charge < -0.3 is 9.30 Å². The molecule has 5 aromatic rings. The molecule has 0 fully saturated rings. The van der Waals surface area contributed by atoms with E-state index in [2.05, 4.69) is 67.8 Å². The Labute approximate surface area is 257 Å². The van der Waals surface area contributed by atoms with Crippen molar-refractivity contribution in [2.45, 2.75) is 63.3 Å². The van der Waals surface area contributed by atoms with Gasteiger partial charge in [-0.2, -0.15) is 5.26 Å². The number of hydrogen-bond donors (Lipinski definition) is 0. The number of halogens is 1. The van der Waals surface area contributed by atoms with Gasteiger partial charge in [-0.05, 0) is 59.7 Å². The Morgan fingerprint density at radius 1 is 1.05 bits per heavy atom. The maximum Gasteiger partial charge on any atom is 0.130 e. The van der Waals surface area contributed by atoms with E-state index in [0.717, 1.165) is 52.5 Å². The smallest absolute Gasteiger partial charge is 0.130 e. The van der Waals surface area contributed by atoms with Gasteiger partial charge in [-0.25, -0.2) is 0 Å². The topological polar surface area (TPSA) is 50.8 Å². The van der Waals surface area contributed by atoms with E-state index >= 15 is 0 Å². The molecule has 0 radical (unpaired) electrons. The number of hydrogen-bond acceptors (Lipinski definition) is 4. The molecule has 0 saturated carbocycles. The fraction of sp³-hybridized carbons (Fsp3) is 0.278. The zero-order valence-electron chi connectivity index (χ0n) is 24.2. The molecule has 0 amide bonds. The van der Waals surface area contributed by atoms with Gasteiger partial charge in [0.05, 0.1) is 17.3 Å². The van der Waals surface area contributed by atoms with Gasteiger partial charge >= 0.3 is 0 Å². The number of nitriles is 1. The van der Waals surface area contributed by atoms with E-state index in [1.54, 1.807) is 0 Å². The summed E-state index contributed by atoms with van der Waals surface area (Å²) in [6, 6.07) is 29.3. The summed E-state index contributed by atoms with van der Waals surface area (Å²) in [6.45, 7) is 7.80. The molecule has 0 N–H and O–H groups in total. The lowest BCUT2D eigenvalue weighted by Crippen LogP contribution is -2.18. The van der Waals surface area contributed by atoms with Crippen molar-refractivity contribution in [3.8, 4) is 22.9 Å². The molecule has 42 heavy (non-hydrogen) atoms. The van der Waals surface area contributed by atoms with Crippen LogP contribution in [0.15, 0.2) is 90.0 Å². The molecule has 6 rings (SSSR count). The first-order chi connectivity index (χ1) is 20.3. The van der Waals surface area contributed by atoms with Crippen LogP contribution in [0, 0.1) is 16.7 Å². The van der Waals surface area contributed by atoms with Crippen molar-refractivity contribution < 1.29 is 4.74 Å². The van der Waals surface area contributed by atoms with Crippen molar-refractivity contribution in [2.24, 2.45) is 5.41 Å². The average Bonchev–Trinajstić information content (AvgIpc) is 3.25. The summed E-state index contributed by atoms with van der Waals surface area (Å²) >= 11 is 8.33. The number of rotatable bonds is 9. The van der Waals surface area contributed by atoms with E-state index in [0.29, 0.717) is 18.3 Å². The van der Waals surface area contributed by atoms with Gasteiger partial charge in [0.15, 0.2) is 0 Å². The van der Waals surface area contributed by atoms with Crippen molar-refractivity contribution >= 4 is 34.3 Å². The van der Waals surface area contributed by atoms with Gasteiger partial charge in [0.1, 0.15) is 12.4 Å². The highest BCUT2D eigenvalue weighted by atomic mass is 35.5. The Bertz CT molecular complexity index is 1770. The van der Waals surface area contributed by atoms with Gasteiger partial charge in [0.25, 0.3) is 0 Å². The number of nitrogens with zero attached hydrogens (tertiary/aromatic N) is 3. The number of benzene rings is 3. The molecular weight excluding hydrogens is 558 g/mol. The standard InChI is InChI=1S/C36H34ClN3OS/c1-24-18-30-33(41-23-29-13-12-27(21-39-29)26-9-5-4-6-10-26)15-14-31-34(30)35(42-24)32(20-36(2,3)16-17-38)40(31)22-25-8-7-11-28(37)19-25/h4-15,19,21,24H,16,18,20,22-23H2,1-3H3. The average molecular weight is 592 g/mol. The zero-order valence-corrected chi connectivity index (χ0v) is 25.8. The third kappa shape index (κ3) is 5.93. The van der Waals surface area contributed by atoms with Crippen LogP contribution >= 0.6 is 23.4 Å². The van der Waals surface area contributed by atoms with Crippen LogP contribution in [0.25, 0.3) is 22.0 Å². The number of aromatic nitrogens is 2.